The Morgan fingerprint density at radius 1 is 1.32 bits per heavy atom. The fourth-order valence-corrected chi connectivity index (χ4v) is 2.05. The van der Waals surface area contributed by atoms with Gasteiger partial charge in [-0.15, -0.1) is 0 Å². The Bertz CT molecular complexity index is 752. The molecule has 1 aromatic heterocycles. The average molecular weight is 256 g/mol. The van der Waals surface area contributed by atoms with Crippen LogP contribution in [0.15, 0.2) is 30.3 Å². The van der Waals surface area contributed by atoms with E-state index in [0.717, 1.165) is 0 Å². The largest absolute Gasteiger partial charge is 0.381 e. The maximum atomic E-state index is 11.8. The molecular weight excluding hydrogens is 248 g/mol. The smallest absolute Gasteiger partial charge is 0.270 e. The van der Waals surface area contributed by atoms with Gasteiger partial charge >= 0.3 is 0 Å². The Labute approximate surface area is 107 Å². The van der Waals surface area contributed by atoms with E-state index in [4.69, 9.17) is 0 Å². The van der Waals surface area contributed by atoms with Gasteiger partial charge in [0.2, 0.25) is 0 Å². The first-order valence-corrected chi connectivity index (χ1v) is 5.56. The number of carbonyl (C=O) groups excluding carboxylic acids is 1. The van der Waals surface area contributed by atoms with Crippen molar-refractivity contribution in [2.45, 2.75) is 6.10 Å². The molecule has 19 heavy (non-hydrogen) atoms. The molecule has 3 rings (SSSR count). The molecule has 0 amide bonds. The minimum Gasteiger partial charge on any atom is -0.381 e. The Balaban J connectivity index is 2.26. The molecule has 1 aromatic carbocycles. The Hall–Kier alpha value is -2.60. The first-order valence-electron chi connectivity index (χ1n) is 5.56. The molecule has 1 atom stereocenters. The van der Waals surface area contributed by atoms with Crippen LogP contribution < -0.4 is 0 Å². The molecule has 0 radical (unpaired) electrons. The summed E-state index contributed by atoms with van der Waals surface area (Å²) in [5, 5.41) is 20.7. The molecule has 0 aliphatic heterocycles. The summed E-state index contributed by atoms with van der Waals surface area (Å²) in [4.78, 5) is 26.3. The predicted molar refractivity (Wildman–Crippen MR) is 67.8 cm³/mol. The normalized spacial score (nSPS) is 17.5. The van der Waals surface area contributed by atoms with Crippen molar-refractivity contribution < 1.29 is 14.8 Å². The standard InChI is InChI=1S/C13H8N2O4/c16-12-4-3-11-9(13(12)17)6-7-5-8(15(18)19)1-2-10(7)14-11/h1-6,12,16H. The number of nitrogens with zero attached hydrogens (tertiary/aromatic N) is 2. The minimum absolute atomic E-state index is 0.0615. The van der Waals surface area contributed by atoms with Crippen LogP contribution in [0.5, 0.6) is 0 Å². The maximum absolute atomic E-state index is 11.8. The third-order valence-corrected chi connectivity index (χ3v) is 3.01. The van der Waals surface area contributed by atoms with Gasteiger partial charge in [-0.1, -0.05) is 0 Å². The number of hydrogen-bond acceptors (Lipinski definition) is 5. The van der Waals surface area contributed by atoms with Gasteiger partial charge in [0.15, 0.2) is 5.78 Å². The van der Waals surface area contributed by atoms with Crippen molar-refractivity contribution >= 4 is 28.4 Å². The third-order valence-electron chi connectivity index (χ3n) is 3.01. The Morgan fingerprint density at radius 2 is 2.11 bits per heavy atom. The van der Waals surface area contributed by atoms with Gasteiger partial charge in [-0.2, -0.15) is 0 Å². The van der Waals surface area contributed by atoms with Crippen LogP contribution in [-0.4, -0.2) is 26.9 Å². The van der Waals surface area contributed by atoms with Crippen LogP contribution in [0.3, 0.4) is 0 Å². The number of benzene rings is 1. The molecule has 0 fully saturated rings. The molecular formula is C13H8N2O4. The van der Waals surface area contributed by atoms with Crippen LogP contribution in [0, 0.1) is 10.1 Å². The summed E-state index contributed by atoms with van der Waals surface area (Å²) in [7, 11) is 0. The van der Waals surface area contributed by atoms with E-state index in [0.29, 0.717) is 16.6 Å². The van der Waals surface area contributed by atoms with E-state index in [2.05, 4.69) is 4.98 Å². The summed E-state index contributed by atoms with van der Waals surface area (Å²) in [6.45, 7) is 0. The van der Waals surface area contributed by atoms with Crippen molar-refractivity contribution in [1.82, 2.24) is 4.98 Å². The minimum atomic E-state index is -1.18. The average Bonchev–Trinajstić information content (AvgIpc) is 2.41. The second-order valence-corrected chi connectivity index (χ2v) is 4.22. The van der Waals surface area contributed by atoms with Crippen LogP contribution in [0.4, 0.5) is 5.69 Å². The lowest BCUT2D eigenvalue weighted by Crippen LogP contribution is -2.22. The lowest BCUT2D eigenvalue weighted by molar-refractivity contribution is -0.384. The second kappa shape index (κ2) is 3.96. The number of nitro benzene ring substituents is 1. The highest BCUT2D eigenvalue weighted by molar-refractivity contribution is 6.07. The molecule has 0 spiro atoms. The summed E-state index contributed by atoms with van der Waals surface area (Å²) < 4.78 is 0. The number of aromatic nitrogens is 1. The maximum Gasteiger partial charge on any atom is 0.270 e. The fourth-order valence-electron chi connectivity index (χ4n) is 2.05. The van der Waals surface area contributed by atoms with Gasteiger partial charge in [-0.3, -0.25) is 14.9 Å². The number of ketones is 1. The van der Waals surface area contributed by atoms with Gasteiger partial charge in [0.1, 0.15) is 6.10 Å². The zero-order valence-corrected chi connectivity index (χ0v) is 9.61. The lowest BCUT2D eigenvalue weighted by atomic mass is 9.97. The first-order chi connectivity index (χ1) is 9.06. The van der Waals surface area contributed by atoms with Crippen molar-refractivity contribution in [3.05, 3.63) is 51.7 Å². The molecule has 1 aliphatic rings. The highest BCUT2D eigenvalue weighted by atomic mass is 16.6. The van der Waals surface area contributed by atoms with E-state index in [1.807, 2.05) is 0 Å². The highest BCUT2D eigenvalue weighted by Gasteiger charge is 2.23. The number of hydrogen-bond donors (Lipinski definition) is 1. The number of non-ortho nitro benzene ring substituents is 1. The monoisotopic (exact) mass is 256 g/mol. The van der Waals surface area contributed by atoms with Gasteiger partial charge in [0, 0.05) is 23.1 Å². The van der Waals surface area contributed by atoms with E-state index in [9.17, 15) is 20.0 Å². The van der Waals surface area contributed by atoms with E-state index in [1.54, 1.807) is 6.08 Å². The zero-order chi connectivity index (χ0) is 13.6. The van der Waals surface area contributed by atoms with Crippen LogP contribution in [-0.2, 0) is 0 Å². The van der Waals surface area contributed by atoms with Gasteiger partial charge in [0.05, 0.1) is 16.1 Å². The summed E-state index contributed by atoms with van der Waals surface area (Å²) in [5.41, 5.74) is 1.26. The summed E-state index contributed by atoms with van der Waals surface area (Å²) in [5.74, 6) is -0.446. The van der Waals surface area contributed by atoms with Crippen molar-refractivity contribution in [3.8, 4) is 0 Å². The molecule has 94 valence electrons. The molecule has 6 heteroatoms. The van der Waals surface area contributed by atoms with Crippen LogP contribution in [0.25, 0.3) is 17.0 Å². The number of Topliss-reactive ketones (excluding diaryl/α,β-unsaturated/α-hetero) is 1. The SMILES string of the molecule is O=C1c2cc3cc([N+](=O)[O-])ccc3nc2C=CC1O. The number of aliphatic hydroxyl groups is 1. The van der Waals surface area contributed by atoms with Crippen LogP contribution in [0.1, 0.15) is 16.1 Å². The molecule has 1 N–H and O–H groups in total. The van der Waals surface area contributed by atoms with Crippen LogP contribution in [0.2, 0.25) is 0 Å². The summed E-state index contributed by atoms with van der Waals surface area (Å²) >= 11 is 0. The molecule has 1 heterocycles. The fraction of sp³-hybridized carbons (Fsp3) is 0.0769. The van der Waals surface area contributed by atoms with E-state index < -0.39 is 16.8 Å². The van der Waals surface area contributed by atoms with E-state index >= 15 is 0 Å². The molecule has 0 saturated heterocycles. The van der Waals surface area contributed by atoms with E-state index in [1.165, 1.54) is 30.3 Å². The third kappa shape index (κ3) is 1.78. The van der Waals surface area contributed by atoms with Crippen molar-refractivity contribution in [2.75, 3.05) is 0 Å². The topological polar surface area (TPSA) is 93.3 Å². The molecule has 1 unspecified atom stereocenters. The number of carbonyl (C=O) groups is 1. The van der Waals surface area contributed by atoms with Gasteiger partial charge < -0.3 is 5.11 Å². The molecule has 0 bridgehead atoms. The Morgan fingerprint density at radius 3 is 2.84 bits per heavy atom. The number of rotatable bonds is 1. The van der Waals surface area contributed by atoms with Gasteiger partial charge in [-0.25, -0.2) is 4.98 Å². The quantitative estimate of drug-likeness (QED) is 0.619. The first kappa shape index (κ1) is 11.5. The molecule has 2 aromatic rings. The van der Waals surface area contributed by atoms with E-state index in [-0.39, 0.29) is 11.3 Å². The second-order valence-electron chi connectivity index (χ2n) is 4.22. The lowest BCUT2D eigenvalue weighted by Gasteiger charge is -2.13. The highest BCUT2D eigenvalue weighted by Crippen LogP contribution is 2.25. The van der Waals surface area contributed by atoms with Crippen molar-refractivity contribution in [1.29, 1.82) is 0 Å². The molecule has 0 saturated carbocycles. The summed E-state index contributed by atoms with van der Waals surface area (Å²) in [6, 6.07) is 5.79. The molecule has 1 aliphatic carbocycles. The van der Waals surface area contributed by atoms with Crippen molar-refractivity contribution in [2.24, 2.45) is 0 Å². The molecule has 6 nitrogen and oxygen atoms in total. The zero-order valence-electron chi connectivity index (χ0n) is 9.61. The number of aliphatic hydroxyl groups excluding tert-OH is 1. The Kier molecular flexibility index (Phi) is 2.39. The number of nitro groups is 1. The van der Waals surface area contributed by atoms with Gasteiger partial charge in [-0.05, 0) is 24.3 Å². The van der Waals surface area contributed by atoms with Gasteiger partial charge in [0.25, 0.3) is 5.69 Å². The van der Waals surface area contributed by atoms with Crippen molar-refractivity contribution in [3.63, 3.8) is 0 Å². The predicted octanol–water partition coefficient (Wildman–Crippen LogP) is 1.71. The number of fused-ring (bicyclic) bond motifs is 2. The number of pyridine rings is 1. The van der Waals surface area contributed by atoms with Crippen LogP contribution >= 0.6 is 0 Å². The summed E-state index contributed by atoms with van der Waals surface area (Å²) in [6.07, 6.45) is 1.77.